The lowest BCUT2D eigenvalue weighted by Crippen LogP contribution is -2.22. The summed E-state index contributed by atoms with van der Waals surface area (Å²) in [5.41, 5.74) is -1.06. The average Bonchev–Trinajstić information content (AvgIpc) is 2.94. The summed E-state index contributed by atoms with van der Waals surface area (Å²) in [5.74, 6) is -0.920. The molecule has 1 heterocycles. The molecule has 8 heteroatoms. The SMILES string of the molecule is CCOC(=O)c1nnn(C2CCCC2O)c1C(F)F. The van der Waals surface area contributed by atoms with E-state index in [2.05, 4.69) is 15.0 Å². The molecular weight excluding hydrogens is 260 g/mol. The van der Waals surface area contributed by atoms with Crippen LogP contribution in [0.15, 0.2) is 0 Å². The van der Waals surface area contributed by atoms with Crippen molar-refractivity contribution in [1.82, 2.24) is 15.0 Å². The van der Waals surface area contributed by atoms with Crippen LogP contribution in [0.1, 0.15) is 54.8 Å². The van der Waals surface area contributed by atoms with Crippen molar-refractivity contribution in [1.29, 1.82) is 0 Å². The highest BCUT2D eigenvalue weighted by atomic mass is 19.3. The van der Waals surface area contributed by atoms with Gasteiger partial charge in [-0.05, 0) is 26.2 Å². The van der Waals surface area contributed by atoms with E-state index < -0.39 is 35.9 Å². The maximum atomic E-state index is 13.1. The number of carbonyl (C=O) groups excluding carboxylic acids is 1. The maximum Gasteiger partial charge on any atom is 0.361 e. The standard InChI is InChI=1S/C11H15F2N3O3/c1-2-19-11(18)8-9(10(12)13)16(15-14-8)6-4-3-5-7(6)17/h6-7,10,17H,2-5H2,1H3. The molecule has 1 aromatic heterocycles. The number of ether oxygens (including phenoxy) is 1. The Morgan fingerprint density at radius 3 is 2.84 bits per heavy atom. The molecule has 0 saturated heterocycles. The lowest BCUT2D eigenvalue weighted by molar-refractivity contribution is 0.0503. The summed E-state index contributed by atoms with van der Waals surface area (Å²) in [5, 5.41) is 16.8. The minimum absolute atomic E-state index is 0.0699. The van der Waals surface area contributed by atoms with E-state index in [1.807, 2.05) is 0 Å². The Hall–Kier alpha value is -1.57. The molecule has 1 saturated carbocycles. The molecule has 0 bridgehead atoms. The van der Waals surface area contributed by atoms with Gasteiger partial charge in [-0.15, -0.1) is 5.10 Å². The number of halogens is 2. The topological polar surface area (TPSA) is 77.2 Å². The van der Waals surface area contributed by atoms with E-state index in [4.69, 9.17) is 0 Å². The van der Waals surface area contributed by atoms with Gasteiger partial charge in [0.05, 0.1) is 18.8 Å². The molecule has 0 aromatic carbocycles. The maximum absolute atomic E-state index is 13.1. The Kier molecular flexibility index (Phi) is 4.08. The van der Waals surface area contributed by atoms with Gasteiger partial charge < -0.3 is 9.84 Å². The second-order valence-corrected chi connectivity index (χ2v) is 4.35. The monoisotopic (exact) mass is 275 g/mol. The highest BCUT2D eigenvalue weighted by Gasteiger charge is 2.35. The molecule has 6 nitrogen and oxygen atoms in total. The molecule has 1 N–H and O–H groups in total. The quantitative estimate of drug-likeness (QED) is 0.842. The van der Waals surface area contributed by atoms with E-state index >= 15 is 0 Å². The second-order valence-electron chi connectivity index (χ2n) is 4.35. The van der Waals surface area contributed by atoms with Crippen LogP contribution >= 0.6 is 0 Å². The summed E-state index contributed by atoms with van der Waals surface area (Å²) in [6.45, 7) is 1.64. The Labute approximate surface area is 108 Å². The Morgan fingerprint density at radius 2 is 2.32 bits per heavy atom. The van der Waals surface area contributed by atoms with E-state index in [0.29, 0.717) is 12.8 Å². The fourth-order valence-electron chi connectivity index (χ4n) is 2.30. The number of nitrogens with zero attached hydrogens (tertiary/aromatic N) is 3. The number of hydrogen-bond acceptors (Lipinski definition) is 5. The van der Waals surface area contributed by atoms with Gasteiger partial charge in [-0.3, -0.25) is 0 Å². The van der Waals surface area contributed by atoms with E-state index in [9.17, 15) is 18.7 Å². The third-order valence-electron chi connectivity index (χ3n) is 3.16. The number of rotatable bonds is 4. The molecule has 0 radical (unpaired) electrons. The van der Waals surface area contributed by atoms with Gasteiger partial charge in [0.25, 0.3) is 6.43 Å². The fourth-order valence-corrected chi connectivity index (χ4v) is 2.30. The number of carbonyl (C=O) groups is 1. The highest BCUT2D eigenvalue weighted by molar-refractivity contribution is 5.88. The van der Waals surface area contributed by atoms with E-state index in [1.165, 1.54) is 0 Å². The van der Waals surface area contributed by atoms with Gasteiger partial charge in [0.2, 0.25) is 0 Å². The van der Waals surface area contributed by atoms with Crippen molar-refractivity contribution in [3.05, 3.63) is 11.4 Å². The smallest absolute Gasteiger partial charge is 0.361 e. The first-order valence-corrected chi connectivity index (χ1v) is 6.14. The summed E-state index contributed by atoms with van der Waals surface area (Å²) >= 11 is 0. The summed E-state index contributed by atoms with van der Waals surface area (Å²) in [6, 6.07) is -0.556. The molecular formula is C11H15F2N3O3. The van der Waals surface area contributed by atoms with Crippen LogP contribution in [-0.2, 0) is 4.74 Å². The number of alkyl halides is 2. The van der Waals surface area contributed by atoms with Crippen LogP contribution in [0.3, 0.4) is 0 Å². The van der Waals surface area contributed by atoms with Gasteiger partial charge in [0.1, 0.15) is 5.69 Å². The second kappa shape index (κ2) is 5.60. The van der Waals surface area contributed by atoms with Gasteiger partial charge in [-0.1, -0.05) is 5.21 Å². The van der Waals surface area contributed by atoms with Crippen LogP contribution < -0.4 is 0 Å². The van der Waals surface area contributed by atoms with Crippen molar-refractivity contribution in [3.63, 3.8) is 0 Å². The molecule has 0 aliphatic heterocycles. The zero-order chi connectivity index (χ0) is 14.0. The van der Waals surface area contributed by atoms with Crippen molar-refractivity contribution < 1.29 is 23.4 Å². The largest absolute Gasteiger partial charge is 0.461 e. The molecule has 1 aliphatic carbocycles. The molecule has 0 amide bonds. The molecule has 2 atom stereocenters. The minimum atomic E-state index is -2.90. The zero-order valence-corrected chi connectivity index (χ0v) is 10.4. The predicted molar refractivity (Wildman–Crippen MR) is 59.8 cm³/mol. The van der Waals surface area contributed by atoms with Gasteiger partial charge in [0, 0.05) is 0 Å². The third kappa shape index (κ3) is 2.58. The normalized spacial score (nSPS) is 23.0. The Balaban J connectivity index is 2.37. The van der Waals surface area contributed by atoms with Gasteiger partial charge in [-0.2, -0.15) is 0 Å². The molecule has 19 heavy (non-hydrogen) atoms. The highest BCUT2D eigenvalue weighted by Crippen LogP contribution is 2.33. The molecule has 1 fully saturated rings. The van der Waals surface area contributed by atoms with Crippen LogP contribution in [0.5, 0.6) is 0 Å². The summed E-state index contributed by atoms with van der Waals surface area (Å²) in [7, 11) is 0. The van der Waals surface area contributed by atoms with Crippen molar-refractivity contribution in [2.75, 3.05) is 6.61 Å². The van der Waals surface area contributed by atoms with Crippen LogP contribution in [0.4, 0.5) is 8.78 Å². The zero-order valence-electron chi connectivity index (χ0n) is 10.4. The van der Waals surface area contributed by atoms with Crippen LogP contribution in [0.25, 0.3) is 0 Å². The van der Waals surface area contributed by atoms with Crippen molar-refractivity contribution in [3.8, 4) is 0 Å². The summed E-state index contributed by atoms with van der Waals surface area (Å²) < 4.78 is 31.9. The minimum Gasteiger partial charge on any atom is -0.461 e. The van der Waals surface area contributed by atoms with E-state index in [0.717, 1.165) is 11.1 Å². The van der Waals surface area contributed by atoms with Crippen LogP contribution in [0, 0.1) is 0 Å². The fraction of sp³-hybridized carbons (Fsp3) is 0.727. The first-order valence-electron chi connectivity index (χ1n) is 6.14. The van der Waals surface area contributed by atoms with Crippen LogP contribution in [-0.4, -0.2) is 38.8 Å². The molecule has 2 rings (SSSR count). The number of esters is 1. The lowest BCUT2D eigenvalue weighted by Gasteiger charge is -2.16. The van der Waals surface area contributed by atoms with Gasteiger partial charge in [0.15, 0.2) is 5.69 Å². The molecule has 106 valence electrons. The Bertz CT molecular complexity index is 464. The van der Waals surface area contributed by atoms with Crippen molar-refractivity contribution in [2.24, 2.45) is 0 Å². The number of aliphatic hydroxyl groups is 1. The molecule has 2 unspecified atom stereocenters. The predicted octanol–water partition coefficient (Wildman–Crippen LogP) is 1.48. The van der Waals surface area contributed by atoms with Crippen molar-refractivity contribution in [2.45, 2.75) is 44.8 Å². The first kappa shape index (κ1) is 13.9. The molecule has 1 aromatic rings. The van der Waals surface area contributed by atoms with Gasteiger partial charge >= 0.3 is 5.97 Å². The summed E-state index contributed by atoms with van der Waals surface area (Å²) in [4.78, 5) is 11.5. The molecule has 1 aliphatic rings. The third-order valence-corrected chi connectivity index (χ3v) is 3.16. The van der Waals surface area contributed by atoms with Crippen LogP contribution in [0.2, 0.25) is 0 Å². The average molecular weight is 275 g/mol. The number of aliphatic hydroxyl groups excluding tert-OH is 1. The van der Waals surface area contributed by atoms with E-state index in [1.54, 1.807) is 6.92 Å². The molecule has 0 spiro atoms. The number of aromatic nitrogens is 3. The summed E-state index contributed by atoms with van der Waals surface area (Å²) in [6.07, 6.45) is -1.85. The number of hydrogen-bond donors (Lipinski definition) is 1. The Morgan fingerprint density at radius 1 is 1.58 bits per heavy atom. The van der Waals surface area contributed by atoms with Crippen molar-refractivity contribution >= 4 is 5.97 Å². The first-order chi connectivity index (χ1) is 9.06. The van der Waals surface area contributed by atoms with Gasteiger partial charge in [-0.25, -0.2) is 18.3 Å². The van der Waals surface area contributed by atoms with E-state index in [-0.39, 0.29) is 6.61 Å². The lowest BCUT2D eigenvalue weighted by atomic mass is 10.2.